The molecule has 170 valence electrons. The average molecular weight is 453 g/mol. The van der Waals surface area contributed by atoms with Gasteiger partial charge in [-0.15, -0.1) is 0 Å². The summed E-state index contributed by atoms with van der Waals surface area (Å²) in [7, 11) is 0. The summed E-state index contributed by atoms with van der Waals surface area (Å²) in [5.74, 6) is -1.32. The van der Waals surface area contributed by atoms with Gasteiger partial charge >= 0.3 is 0 Å². The van der Waals surface area contributed by atoms with Gasteiger partial charge in [-0.1, -0.05) is 56.3 Å². The van der Waals surface area contributed by atoms with Crippen LogP contribution in [0.5, 0.6) is 5.75 Å². The van der Waals surface area contributed by atoms with Crippen LogP contribution in [-0.2, 0) is 9.59 Å². The largest absolute Gasteiger partial charge is 0.508 e. The maximum atomic E-state index is 13.3. The number of Topliss-reactive ketones (excluding diaryl/α,β-unsaturated/α-hetero) is 1. The van der Waals surface area contributed by atoms with E-state index in [1.54, 1.807) is 18.3 Å². The van der Waals surface area contributed by atoms with Gasteiger partial charge in [-0.3, -0.25) is 14.5 Å². The van der Waals surface area contributed by atoms with Crippen LogP contribution in [0.2, 0.25) is 0 Å². The molecule has 5 rings (SSSR count). The second-order valence-corrected chi connectivity index (χ2v) is 8.75. The molecule has 1 aromatic heterocycles. The highest BCUT2D eigenvalue weighted by atomic mass is 16.3. The number of aliphatic hydroxyl groups is 1. The molecule has 3 N–H and O–H groups in total. The van der Waals surface area contributed by atoms with Crippen LogP contribution in [0.25, 0.3) is 16.7 Å². The van der Waals surface area contributed by atoms with Crippen molar-refractivity contribution in [2.24, 2.45) is 0 Å². The van der Waals surface area contributed by atoms with Crippen molar-refractivity contribution in [3.8, 4) is 5.75 Å². The molecule has 6 nitrogen and oxygen atoms in total. The molecular formula is C28H24N2O4. The zero-order valence-electron chi connectivity index (χ0n) is 18.8. The van der Waals surface area contributed by atoms with Crippen LogP contribution in [0.1, 0.15) is 42.5 Å². The molecule has 0 saturated carbocycles. The molecule has 3 aromatic carbocycles. The summed E-state index contributed by atoms with van der Waals surface area (Å²) >= 11 is 0. The van der Waals surface area contributed by atoms with Crippen molar-refractivity contribution in [2.75, 3.05) is 4.90 Å². The van der Waals surface area contributed by atoms with E-state index in [1.807, 2.05) is 48.5 Å². The molecule has 1 fully saturated rings. The van der Waals surface area contributed by atoms with Gasteiger partial charge in [-0.2, -0.15) is 0 Å². The molecule has 1 aliphatic heterocycles. The molecule has 4 aromatic rings. The number of aliphatic hydroxyl groups excluding tert-OH is 1. The number of nitrogens with one attached hydrogen (secondary N) is 1. The van der Waals surface area contributed by atoms with E-state index in [0.29, 0.717) is 22.7 Å². The number of fused-ring (bicyclic) bond motifs is 1. The Hall–Kier alpha value is -4.32. The summed E-state index contributed by atoms with van der Waals surface area (Å²) in [6, 6.07) is 20.4. The Bertz CT molecular complexity index is 1430. The molecule has 0 spiro atoms. The van der Waals surface area contributed by atoms with Crippen molar-refractivity contribution < 1.29 is 19.8 Å². The van der Waals surface area contributed by atoms with Crippen molar-refractivity contribution in [1.82, 2.24) is 4.98 Å². The Labute approximate surface area is 196 Å². The fraction of sp³-hybridized carbons (Fsp3) is 0.143. The number of phenols is 1. The summed E-state index contributed by atoms with van der Waals surface area (Å²) in [5.41, 5.74) is 3.54. The second kappa shape index (κ2) is 8.23. The first-order chi connectivity index (χ1) is 16.4. The van der Waals surface area contributed by atoms with Crippen LogP contribution in [0.4, 0.5) is 5.69 Å². The molecule has 34 heavy (non-hydrogen) atoms. The lowest BCUT2D eigenvalue weighted by atomic mass is 9.94. The number of H-pyrrole nitrogens is 1. The molecule has 1 unspecified atom stereocenters. The van der Waals surface area contributed by atoms with Gasteiger partial charge in [0.1, 0.15) is 11.5 Å². The lowest BCUT2D eigenvalue weighted by Gasteiger charge is -2.25. The first-order valence-electron chi connectivity index (χ1n) is 11.1. The highest BCUT2D eigenvalue weighted by Crippen LogP contribution is 2.43. The molecule has 0 bridgehead atoms. The number of ketones is 1. The molecule has 2 heterocycles. The van der Waals surface area contributed by atoms with Crippen LogP contribution >= 0.6 is 0 Å². The minimum absolute atomic E-state index is 0.00776. The maximum Gasteiger partial charge on any atom is 0.300 e. The van der Waals surface area contributed by atoms with Gasteiger partial charge < -0.3 is 15.2 Å². The van der Waals surface area contributed by atoms with Crippen LogP contribution in [0.3, 0.4) is 0 Å². The number of amides is 1. The minimum atomic E-state index is -0.848. The number of nitrogens with zero attached hydrogens (tertiary/aromatic N) is 1. The standard InChI is InChI=1S/C28H24N2O4/c1-16(2)17-7-11-19(12-8-17)30-25(18-9-13-20(31)14-10-18)24(27(33)28(30)34)26(32)22-15-29-23-6-4-3-5-21(22)23/h3-16,25,29,31-32H,1-2H3/b26-24-. The van der Waals surface area contributed by atoms with Crippen molar-refractivity contribution in [3.63, 3.8) is 0 Å². The predicted octanol–water partition coefficient (Wildman–Crippen LogP) is 5.62. The third-order valence-electron chi connectivity index (χ3n) is 6.34. The molecule has 1 amide bonds. The van der Waals surface area contributed by atoms with E-state index in [2.05, 4.69) is 18.8 Å². The number of aromatic amines is 1. The number of rotatable bonds is 4. The number of para-hydroxylation sites is 1. The third kappa shape index (κ3) is 3.44. The third-order valence-corrected chi connectivity index (χ3v) is 6.34. The molecule has 6 heteroatoms. The Balaban J connectivity index is 1.72. The van der Waals surface area contributed by atoms with Crippen molar-refractivity contribution in [1.29, 1.82) is 0 Å². The lowest BCUT2D eigenvalue weighted by Crippen LogP contribution is -2.29. The van der Waals surface area contributed by atoms with E-state index in [4.69, 9.17) is 0 Å². The van der Waals surface area contributed by atoms with Crippen molar-refractivity contribution in [3.05, 3.63) is 101 Å². The monoisotopic (exact) mass is 452 g/mol. The second-order valence-electron chi connectivity index (χ2n) is 8.75. The van der Waals surface area contributed by atoms with E-state index < -0.39 is 17.7 Å². The van der Waals surface area contributed by atoms with Crippen molar-refractivity contribution in [2.45, 2.75) is 25.8 Å². The number of aromatic nitrogens is 1. The number of benzene rings is 3. The predicted molar refractivity (Wildman–Crippen MR) is 132 cm³/mol. The molecule has 1 saturated heterocycles. The van der Waals surface area contributed by atoms with E-state index >= 15 is 0 Å². The number of carbonyl (C=O) groups is 2. The SMILES string of the molecule is CC(C)c1ccc(N2C(=O)C(=O)/C(=C(\O)c3c[nH]c4ccccc34)C2c2ccc(O)cc2)cc1. The van der Waals surface area contributed by atoms with Gasteiger partial charge in [0, 0.05) is 28.4 Å². The fourth-order valence-electron chi connectivity index (χ4n) is 4.50. The van der Waals surface area contributed by atoms with Crippen LogP contribution in [0.15, 0.2) is 84.6 Å². The molecule has 1 atom stereocenters. The van der Waals surface area contributed by atoms with Crippen LogP contribution in [-0.4, -0.2) is 26.9 Å². The zero-order chi connectivity index (χ0) is 24.0. The van der Waals surface area contributed by atoms with Gasteiger partial charge in [0.15, 0.2) is 0 Å². The summed E-state index contributed by atoms with van der Waals surface area (Å²) < 4.78 is 0. The number of anilines is 1. The van der Waals surface area contributed by atoms with E-state index in [0.717, 1.165) is 16.5 Å². The summed E-state index contributed by atoms with van der Waals surface area (Å²) in [6.45, 7) is 4.16. The molecular weight excluding hydrogens is 428 g/mol. The Morgan fingerprint density at radius 2 is 1.62 bits per heavy atom. The summed E-state index contributed by atoms with van der Waals surface area (Å²) in [5, 5.41) is 21.9. The Kier molecular flexibility index (Phi) is 5.21. The first kappa shape index (κ1) is 21.5. The van der Waals surface area contributed by atoms with Crippen LogP contribution in [0, 0.1) is 0 Å². The van der Waals surface area contributed by atoms with Gasteiger partial charge in [0.05, 0.1) is 11.6 Å². The molecule has 0 aliphatic carbocycles. The number of phenolic OH excluding ortho intramolecular Hbond substituents is 1. The topological polar surface area (TPSA) is 93.6 Å². The quantitative estimate of drug-likeness (QED) is 0.213. The van der Waals surface area contributed by atoms with E-state index in [-0.39, 0.29) is 17.1 Å². The summed E-state index contributed by atoms with van der Waals surface area (Å²) in [6.07, 6.45) is 1.64. The lowest BCUT2D eigenvalue weighted by molar-refractivity contribution is -0.132. The van der Waals surface area contributed by atoms with Crippen LogP contribution < -0.4 is 4.90 Å². The van der Waals surface area contributed by atoms with Gasteiger partial charge in [0.2, 0.25) is 0 Å². The normalized spacial score (nSPS) is 17.7. The Morgan fingerprint density at radius 1 is 0.941 bits per heavy atom. The Morgan fingerprint density at radius 3 is 2.29 bits per heavy atom. The minimum Gasteiger partial charge on any atom is -0.508 e. The molecule has 1 aliphatic rings. The number of hydrogen-bond donors (Lipinski definition) is 3. The molecule has 0 radical (unpaired) electrons. The summed E-state index contributed by atoms with van der Waals surface area (Å²) in [4.78, 5) is 31.1. The first-order valence-corrected chi connectivity index (χ1v) is 11.1. The smallest absolute Gasteiger partial charge is 0.300 e. The fourth-order valence-corrected chi connectivity index (χ4v) is 4.50. The number of carbonyl (C=O) groups excluding carboxylic acids is 2. The number of hydrogen-bond acceptors (Lipinski definition) is 4. The van der Waals surface area contributed by atoms with E-state index in [9.17, 15) is 19.8 Å². The highest BCUT2D eigenvalue weighted by Gasteiger charge is 2.47. The number of aromatic hydroxyl groups is 1. The highest BCUT2D eigenvalue weighted by molar-refractivity contribution is 6.51. The van der Waals surface area contributed by atoms with Gasteiger partial charge in [0.25, 0.3) is 11.7 Å². The van der Waals surface area contributed by atoms with Crippen molar-refractivity contribution >= 4 is 34.0 Å². The van der Waals surface area contributed by atoms with Gasteiger partial charge in [-0.25, -0.2) is 0 Å². The van der Waals surface area contributed by atoms with Gasteiger partial charge in [-0.05, 0) is 47.4 Å². The van der Waals surface area contributed by atoms with E-state index in [1.165, 1.54) is 17.0 Å². The zero-order valence-corrected chi connectivity index (χ0v) is 18.8. The maximum absolute atomic E-state index is 13.3. The average Bonchev–Trinajstić information content (AvgIpc) is 3.38.